The largest absolute Gasteiger partial charge is 0.381 e. The number of nitrogens with zero attached hydrogens (tertiary/aromatic N) is 2. The molecule has 0 radical (unpaired) electrons. The quantitative estimate of drug-likeness (QED) is 0.436. The molecule has 4 aliphatic heterocycles. The predicted octanol–water partition coefficient (Wildman–Crippen LogP) is 0.853. The van der Waals surface area contributed by atoms with Gasteiger partial charge in [-0.05, 0) is 57.3 Å². The van der Waals surface area contributed by atoms with Crippen LogP contribution in [0.25, 0.3) is 0 Å². The fraction of sp³-hybridized carbons (Fsp3) is 0.920. The maximum Gasteiger partial charge on any atom is 0.226 e. The molecule has 208 valence electrons. The van der Waals surface area contributed by atoms with Crippen molar-refractivity contribution < 1.29 is 22.7 Å². The lowest BCUT2D eigenvalue weighted by atomic mass is 9.66. The van der Waals surface area contributed by atoms with Crippen molar-refractivity contribution in [3.63, 3.8) is 0 Å². The summed E-state index contributed by atoms with van der Waals surface area (Å²) >= 11 is 1.62. The molecule has 5 fully saturated rings. The number of rotatable bonds is 6. The van der Waals surface area contributed by atoms with Gasteiger partial charge in [-0.1, -0.05) is 0 Å². The summed E-state index contributed by atoms with van der Waals surface area (Å²) in [6.45, 7) is 4.58. The Hall–Kier alpha value is -0.940. The lowest BCUT2D eigenvalue weighted by molar-refractivity contribution is -0.131. The molecular formula is C25H41N5O5S2. The molecule has 5 rings (SSSR count). The van der Waals surface area contributed by atoms with Gasteiger partial charge in [0.1, 0.15) is 5.50 Å². The Balaban J connectivity index is 1.19. The molecule has 1 aliphatic carbocycles. The number of methoxy groups -OCH3 is 1. The molecule has 3 N–H and O–H groups in total. The zero-order valence-corrected chi connectivity index (χ0v) is 23.4. The number of thioether (sulfide) groups is 1. The Morgan fingerprint density at radius 1 is 1.22 bits per heavy atom. The first-order valence-electron chi connectivity index (χ1n) is 13.7. The van der Waals surface area contributed by atoms with Gasteiger partial charge in [0.05, 0.1) is 29.9 Å². The van der Waals surface area contributed by atoms with Gasteiger partial charge in [-0.3, -0.25) is 10.1 Å². The van der Waals surface area contributed by atoms with Gasteiger partial charge in [-0.2, -0.15) is 9.57 Å². The van der Waals surface area contributed by atoms with Crippen molar-refractivity contribution in [2.45, 2.75) is 79.6 Å². The zero-order valence-electron chi connectivity index (χ0n) is 21.8. The van der Waals surface area contributed by atoms with Crippen LogP contribution in [0, 0.1) is 35.0 Å². The molecule has 0 aromatic heterocycles. The van der Waals surface area contributed by atoms with Crippen molar-refractivity contribution in [1.29, 1.82) is 5.26 Å². The number of ether oxygens (including phenoxy) is 2. The lowest BCUT2D eigenvalue weighted by Crippen LogP contribution is -2.55. The van der Waals surface area contributed by atoms with E-state index in [9.17, 15) is 18.5 Å². The topological polar surface area (TPSA) is 133 Å². The van der Waals surface area contributed by atoms with Crippen LogP contribution < -0.4 is 16.0 Å². The highest BCUT2D eigenvalue weighted by Gasteiger charge is 2.49. The number of piperidine rings is 1. The second-order valence-electron chi connectivity index (χ2n) is 11.4. The highest BCUT2D eigenvalue weighted by Crippen LogP contribution is 2.42. The fourth-order valence-corrected chi connectivity index (χ4v) is 10.4. The smallest absolute Gasteiger partial charge is 0.226 e. The molecule has 10 atom stereocenters. The minimum absolute atomic E-state index is 0.0162. The molecule has 12 heteroatoms. The molecule has 0 aromatic rings. The van der Waals surface area contributed by atoms with E-state index < -0.39 is 15.3 Å². The number of nitrogens with one attached hydrogen (secondary N) is 3. The van der Waals surface area contributed by atoms with E-state index in [4.69, 9.17) is 9.47 Å². The van der Waals surface area contributed by atoms with Crippen LogP contribution in [-0.2, 0) is 24.3 Å². The van der Waals surface area contributed by atoms with E-state index >= 15 is 0 Å². The average molecular weight is 556 g/mol. The van der Waals surface area contributed by atoms with E-state index in [0.29, 0.717) is 38.7 Å². The number of hydrogen-bond donors (Lipinski definition) is 3. The summed E-state index contributed by atoms with van der Waals surface area (Å²) in [4.78, 5) is 13.6. The number of sulfonamides is 1. The minimum atomic E-state index is -3.38. The first kappa shape index (κ1) is 27.6. The molecule has 1 saturated carbocycles. The van der Waals surface area contributed by atoms with Crippen LogP contribution >= 0.6 is 11.8 Å². The molecule has 5 aliphatic rings. The van der Waals surface area contributed by atoms with E-state index in [1.165, 1.54) is 0 Å². The van der Waals surface area contributed by atoms with E-state index in [-0.39, 0.29) is 59.1 Å². The molecule has 0 aromatic carbocycles. The van der Waals surface area contributed by atoms with Gasteiger partial charge in [0.15, 0.2) is 0 Å². The summed E-state index contributed by atoms with van der Waals surface area (Å²) in [5, 5.41) is 19.4. The lowest BCUT2D eigenvalue weighted by Gasteiger charge is -2.44. The van der Waals surface area contributed by atoms with Crippen LogP contribution in [-0.4, -0.2) is 92.8 Å². The van der Waals surface area contributed by atoms with Gasteiger partial charge in [0, 0.05) is 56.6 Å². The van der Waals surface area contributed by atoms with Crippen LogP contribution in [0.1, 0.15) is 45.4 Å². The molecule has 37 heavy (non-hydrogen) atoms. The first-order valence-corrected chi connectivity index (χ1v) is 16.2. The van der Waals surface area contributed by atoms with Crippen molar-refractivity contribution in [2.24, 2.45) is 23.7 Å². The number of carbonyl (C=O) groups is 1. The standard InChI is InChI=1S/C25H41N5O5S2/c1-15-8-18(19-9-16(10-26)5-6-22(19)34-2)20(11-27-15)24(31)29-25-28-21-12-30(13-23(21)36-25)37(32,33)17-4-3-7-35-14-17/h15-23,25,27-28H,3-9,11-14H2,1-2H3,(H,29,31). The van der Waals surface area contributed by atoms with Crippen LogP contribution in [0.4, 0.5) is 0 Å². The number of amides is 1. The molecule has 0 bridgehead atoms. The average Bonchev–Trinajstić information content (AvgIpc) is 3.48. The number of carbonyl (C=O) groups excluding carboxylic acids is 1. The van der Waals surface area contributed by atoms with Crippen molar-refractivity contribution in [2.75, 3.05) is 40.0 Å². The number of nitriles is 1. The molecule has 1 amide bonds. The third kappa shape index (κ3) is 5.83. The van der Waals surface area contributed by atoms with E-state index in [0.717, 1.165) is 32.1 Å². The molecule has 4 saturated heterocycles. The van der Waals surface area contributed by atoms with E-state index in [1.54, 1.807) is 23.2 Å². The van der Waals surface area contributed by atoms with E-state index in [1.807, 2.05) is 0 Å². The van der Waals surface area contributed by atoms with E-state index in [2.05, 4.69) is 28.9 Å². The Morgan fingerprint density at radius 3 is 2.76 bits per heavy atom. The third-order valence-electron chi connectivity index (χ3n) is 9.12. The van der Waals surface area contributed by atoms with Crippen LogP contribution in [0.2, 0.25) is 0 Å². The highest BCUT2D eigenvalue weighted by molar-refractivity contribution is 8.00. The van der Waals surface area contributed by atoms with Gasteiger partial charge in [0.2, 0.25) is 15.9 Å². The van der Waals surface area contributed by atoms with Gasteiger partial charge < -0.3 is 20.1 Å². The van der Waals surface area contributed by atoms with Crippen LogP contribution in [0.15, 0.2) is 0 Å². The molecule has 4 heterocycles. The normalized spacial score (nSPS) is 43.2. The Kier molecular flexibility index (Phi) is 8.70. The summed E-state index contributed by atoms with van der Waals surface area (Å²) in [7, 11) is -1.63. The van der Waals surface area contributed by atoms with Crippen molar-refractivity contribution >= 4 is 27.7 Å². The first-order chi connectivity index (χ1) is 17.8. The summed E-state index contributed by atoms with van der Waals surface area (Å²) in [6.07, 6.45) is 4.91. The fourth-order valence-electron chi connectivity index (χ4n) is 7.06. The SMILES string of the molecule is COC1CCC(C#N)CC1C1CC(C)NCC1C(=O)NC1NC2CN(S(=O)(=O)C3CCCOC3)CC2S1. The second-order valence-corrected chi connectivity index (χ2v) is 15.0. The van der Waals surface area contributed by atoms with Gasteiger partial charge in [0.25, 0.3) is 0 Å². The van der Waals surface area contributed by atoms with Crippen molar-refractivity contribution in [1.82, 2.24) is 20.3 Å². The molecule has 0 spiro atoms. The zero-order chi connectivity index (χ0) is 26.2. The highest BCUT2D eigenvalue weighted by atomic mass is 32.2. The Labute approximate surface area is 225 Å². The van der Waals surface area contributed by atoms with Crippen molar-refractivity contribution in [3.05, 3.63) is 0 Å². The second kappa shape index (κ2) is 11.7. The third-order valence-corrected chi connectivity index (χ3v) is 12.7. The van der Waals surface area contributed by atoms with Crippen LogP contribution in [0.3, 0.4) is 0 Å². The van der Waals surface area contributed by atoms with Crippen LogP contribution in [0.5, 0.6) is 0 Å². The van der Waals surface area contributed by atoms with Gasteiger partial charge in [-0.15, -0.1) is 11.8 Å². The van der Waals surface area contributed by atoms with Gasteiger partial charge >= 0.3 is 0 Å². The number of fused-ring (bicyclic) bond motifs is 1. The maximum absolute atomic E-state index is 13.6. The van der Waals surface area contributed by atoms with Gasteiger partial charge in [-0.25, -0.2) is 8.42 Å². The van der Waals surface area contributed by atoms with Crippen molar-refractivity contribution in [3.8, 4) is 6.07 Å². The molecular weight excluding hydrogens is 514 g/mol. The predicted molar refractivity (Wildman–Crippen MR) is 141 cm³/mol. The summed E-state index contributed by atoms with van der Waals surface area (Å²) in [6, 6.07) is 2.78. The Morgan fingerprint density at radius 2 is 2.05 bits per heavy atom. The maximum atomic E-state index is 13.6. The Bertz CT molecular complexity index is 957. The number of hydrogen-bond acceptors (Lipinski definition) is 9. The monoisotopic (exact) mass is 555 g/mol. The summed E-state index contributed by atoms with van der Waals surface area (Å²) in [5.74, 6) is 0.196. The minimum Gasteiger partial charge on any atom is -0.381 e. The summed E-state index contributed by atoms with van der Waals surface area (Å²) < 4.78 is 39.1. The molecule has 10 unspecified atom stereocenters. The molecule has 10 nitrogen and oxygen atoms in total. The summed E-state index contributed by atoms with van der Waals surface area (Å²) in [5.41, 5.74) is -0.234.